The number of nitrogens with zero attached hydrogens (tertiary/aromatic N) is 3. The van der Waals surface area contributed by atoms with Gasteiger partial charge in [-0.2, -0.15) is 0 Å². The normalized spacial score (nSPS) is 13.4. The van der Waals surface area contributed by atoms with E-state index in [9.17, 15) is 9.59 Å². The number of aryl methyl sites for hydroxylation is 3. The second-order valence-corrected chi connectivity index (χ2v) is 13.7. The number of likely N-dealkylation sites (N-methyl/N-ethyl adjacent to an activating group) is 1. The SMILES string of the molecule is CCC.CCCCN(C)C(=O)Cc1c2nc(cc3[nH]c(cc4[nH]c(cc5nc1C(C(=O)OC)=C5C)c(CC)c4C)c(CNC)c3C)C(C)C2.COC=O. The fraction of sp³-hybridized carbons (Fsp3) is 0.500. The Labute approximate surface area is 315 Å². The van der Waals surface area contributed by atoms with Crippen LogP contribution < -0.4 is 5.32 Å². The third kappa shape index (κ3) is 9.81. The van der Waals surface area contributed by atoms with E-state index in [0.29, 0.717) is 42.0 Å². The highest BCUT2D eigenvalue weighted by Crippen LogP contribution is 2.37. The number of hydrogen-bond acceptors (Lipinski definition) is 8. The summed E-state index contributed by atoms with van der Waals surface area (Å²) >= 11 is 0. The molecule has 0 radical (unpaired) electrons. The van der Waals surface area contributed by atoms with Gasteiger partial charge in [0, 0.05) is 65.1 Å². The summed E-state index contributed by atoms with van der Waals surface area (Å²) in [7, 11) is 6.50. The Bertz CT molecular complexity index is 1970. The summed E-state index contributed by atoms with van der Waals surface area (Å²) in [6, 6.07) is 6.35. The van der Waals surface area contributed by atoms with Gasteiger partial charge in [-0.3, -0.25) is 14.6 Å². The van der Waals surface area contributed by atoms with Gasteiger partial charge in [-0.1, -0.05) is 47.5 Å². The number of hydrogen-bond donors (Lipinski definition) is 3. The first-order valence-electron chi connectivity index (χ1n) is 18.7. The van der Waals surface area contributed by atoms with E-state index in [0.717, 1.165) is 64.8 Å². The molecule has 0 saturated carbocycles. The molecule has 1 amide bonds. The largest absolute Gasteiger partial charge is 0.471 e. The Morgan fingerprint density at radius 2 is 1.55 bits per heavy atom. The molecule has 11 heteroatoms. The lowest BCUT2D eigenvalue weighted by molar-refractivity contribution is -0.134. The Hall–Kier alpha value is -4.77. The van der Waals surface area contributed by atoms with Crippen LogP contribution in [0.5, 0.6) is 0 Å². The van der Waals surface area contributed by atoms with Crippen molar-refractivity contribution in [1.29, 1.82) is 0 Å². The number of nitrogens with one attached hydrogen (secondary N) is 3. The van der Waals surface area contributed by atoms with Crippen LogP contribution >= 0.6 is 0 Å². The van der Waals surface area contributed by atoms with Gasteiger partial charge < -0.3 is 29.7 Å². The summed E-state index contributed by atoms with van der Waals surface area (Å²) < 4.78 is 9.16. The van der Waals surface area contributed by atoms with Crippen LogP contribution in [0.25, 0.3) is 33.2 Å². The van der Waals surface area contributed by atoms with Gasteiger partial charge in [0.25, 0.3) is 6.47 Å². The standard InChI is InChI=1S/C37H48N6O3.C3H8.C2H4O2/c1-10-12-13-43(8)34(44)15-25-31-14-20(3)27(39-31)16-28-22(5)26(19-38-7)33(41-28)17-29-21(4)24(11-2)32(40-29)18-30-23(6)35(36(25)42-30)37(45)46-9;1-3-2;1-4-2-3/h16-18,20,38,40-41H,10-15,19H2,1-9H3;3H2,1-2H3;2H,1H3. The maximum atomic E-state index is 13.7. The number of H-pyrrole nitrogens is 2. The van der Waals surface area contributed by atoms with E-state index in [-0.39, 0.29) is 18.2 Å². The van der Waals surface area contributed by atoms with Crippen molar-refractivity contribution in [2.45, 2.75) is 106 Å². The average molecular weight is 729 g/mol. The minimum atomic E-state index is -0.469. The van der Waals surface area contributed by atoms with Gasteiger partial charge in [0.2, 0.25) is 5.91 Å². The molecule has 1 unspecified atom stereocenters. The molecular formula is C42H60N6O5. The molecule has 53 heavy (non-hydrogen) atoms. The number of unbranched alkanes of at least 4 members (excludes halogenated alkanes) is 1. The zero-order chi connectivity index (χ0) is 39.4. The number of esters is 1. The summed E-state index contributed by atoms with van der Waals surface area (Å²) in [4.78, 5) is 55.4. The molecule has 288 valence electrons. The molecule has 0 fully saturated rings. The van der Waals surface area contributed by atoms with Crippen molar-refractivity contribution in [3.63, 3.8) is 0 Å². The number of fused-ring (bicyclic) bond motifs is 8. The third-order valence-electron chi connectivity index (χ3n) is 9.69. The average Bonchev–Trinajstić information content (AvgIpc) is 3.84. The third-order valence-corrected chi connectivity index (χ3v) is 9.69. The van der Waals surface area contributed by atoms with Crippen molar-refractivity contribution in [3.8, 4) is 0 Å². The number of amides is 1. The molecule has 8 bridgehead atoms. The Morgan fingerprint density at radius 3 is 2.11 bits per heavy atom. The highest BCUT2D eigenvalue weighted by Gasteiger charge is 2.31. The predicted octanol–water partition coefficient (Wildman–Crippen LogP) is 7.67. The lowest BCUT2D eigenvalue weighted by Gasteiger charge is -2.18. The van der Waals surface area contributed by atoms with Crippen LogP contribution in [0.1, 0.15) is 117 Å². The lowest BCUT2D eigenvalue weighted by atomic mass is 9.96. The highest BCUT2D eigenvalue weighted by molar-refractivity contribution is 6.25. The first kappa shape index (κ1) is 42.6. The number of ether oxygens (including phenoxy) is 2. The predicted molar refractivity (Wildman–Crippen MR) is 215 cm³/mol. The molecule has 3 N–H and O–H groups in total. The number of aromatic nitrogens is 4. The van der Waals surface area contributed by atoms with Gasteiger partial charge in [0.05, 0.1) is 37.6 Å². The maximum absolute atomic E-state index is 13.7. The van der Waals surface area contributed by atoms with E-state index >= 15 is 0 Å². The van der Waals surface area contributed by atoms with E-state index < -0.39 is 5.97 Å². The zero-order valence-electron chi connectivity index (χ0n) is 33.9. The number of carbonyl (C=O) groups excluding carboxylic acids is 3. The van der Waals surface area contributed by atoms with Crippen molar-refractivity contribution in [2.24, 2.45) is 0 Å². The van der Waals surface area contributed by atoms with Crippen molar-refractivity contribution in [3.05, 3.63) is 68.8 Å². The number of allylic oxidation sites excluding steroid dienone is 1. The number of carbonyl (C=O) groups is 3. The molecule has 2 aliphatic rings. The van der Waals surface area contributed by atoms with Crippen LogP contribution in [0.2, 0.25) is 0 Å². The van der Waals surface area contributed by atoms with Crippen LogP contribution in [-0.2, 0) is 49.7 Å². The molecule has 0 saturated heterocycles. The minimum absolute atomic E-state index is 0.0253. The van der Waals surface area contributed by atoms with E-state index in [1.807, 2.05) is 27.1 Å². The molecular weight excluding hydrogens is 668 g/mol. The van der Waals surface area contributed by atoms with Crippen LogP contribution in [0.4, 0.5) is 0 Å². The summed E-state index contributed by atoms with van der Waals surface area (Å²) in [5.74, 6) is -0.384. The molecule has 0 aliphatic carbocycles. The minimum Gasteiger partial charge on any atom is -0.471 e. The van der Waals surface area contributed by atoms with Crippen molar-refractivity contribution < 1.29 is 23.9 Å². The van der Waals surface area contributed by atoms with Crippen LogP contribution in [0, 0.1) is 13.8 Å². The molecule has 5 rings (SSSR count). The number of aromatic amines is 2. The second-order valence-electron chi connectivity index (χ2n) is 13.7. The van der Waals surface area contributed by atoms with Gasteiger partial charge in [0.1, 0.15) is 0 Å². The molecule has 0 spiro atoms. The first-order chi connectivity index (χ1) is 25.3. The summed E-state index contributed by atoms with van der Waals surface area (Å²) in [6.45, 7) is 18.6. The van der Waals surface area contributed by atoms with E-state index in [2.05, 4.69) is 80.6 Å². The summed E-state index contributed by atoms with van der Waals surface area (Å²) in [6.07, 6.45) is 4.73. The molecule has 3 aromatic heterocycles. The lowest BCUT2D eigenvalue weighted by Crippen LogP contribution is -2.29. The molecule has 5 heterocycles. The van der Waals surface area contributed by atoms with Gasteiger partial charge in [-0.05, 0) is 93.1 Å². The zero-order valence-corrected chi connectivity index (χ0v) is 33.9. The van der Waals surface area contributed by atoms with Crippen LogP contribution in [0.3, 0.4) is 0 Å². The molecule has 2 aliphatic heterocycles. The monoisotopic (exact) mass is 728 g/mol. The fourth-order valence-corrected chi connectivity index (χ4v) is 6.66. The van der Waals surface area contributed by atoms with Crippen molar-refractivity contribution in [1.82, 2.24) is 30.2 Å². The molecule has 3 aromatic rings. The summed E-state index contributed by atoms with van der Waals surface area (Å²) in [5.41, 5.74) is 13.4. The maximum Gasteiger partial charge on any atom is 0.340 e. The Balaban J connectivity index is 0.000000996. The number of methoxy groups -OCH3 is 2. The van der Waals surface area contributed by atoms with Gasteiger partial charge in [-0.15, -0.1) is 0 Å². The highest BCUT2D eigenvalue weighted by atomic mass is 16.5. The smallest absolute Gasteiger partial charge is 0.340 e. The first-order valence-corrected chi connectivity index (χ1v) is 18.7. The Kier molecular flexibility index (Phi) is 16.0. The quantitative estimate of drug-likeness (QED) is 0.143. The van der Waals surface area contributed by atoms with Crippen LogP contribution in [-0.4, -0.2) is 78.0 Å². The van der Waals surface area contributed by atoms with Crippen molar-refractivity contribution >= 4 is 51.6 Å². The second kappa shape index (κ2) is 19.9. The van der Waals surface area contributed by atoms with Gasteiger partial charge >= 0.3 is 5.97 Å². The van der Waals surface area contributed by atoms with E-state index in [1.54, 1.807) is 4.90 Å². The van der Waals surface area contributed by atoms with Crippen LogP contribution in [0.15, 0.2) is 18.2 Å². The summed E-state index contributed by atoms with van der Waals surface area (Å²) in [5, 5.41) is 3.34. The molecule has 0 aromatic carbocycles. The van der Waals surface area contributed by atoms with E-state index in [4.69, 9.17) is 19.5 Å². The van der Waals surface area contributed by atoms with E-state index in [1.165, 1.54) is 42.9 Å². The van der Waals surface area contributed by atoms with Gasteiger partial charge in [-0.25, -0.2) is 9.78 Å². The molecule has 11 nitrogen and oxygen atoms in total. The van der Waals surface area contributed by atoms with Crippen molar-refractivity contribution in [2.75, 3.05) is 34.9 Å². The van der Waals surface area contributed by atoms with Gasteiger partial charge in [0.15, 0.2) is 0 Å². The molecule has 1 atom stereocenters. The Morgan fingerprint density at radius 1 is 0.943 bits per heavy atom. The topological polar surface area (TPSA) is 142 Å². The number of rotatable bonds is 10. The fourth-order valence-electron chi connectivity index (χ4n) is 6.66.